The molecule has 1 amide bonds. The first kappa shape index (κ1) is 12.9. The molecule has 4 heteroatoms. The van der Waals surface area contributed by atoms with Crippen molar-refractivity contribution in [1.29, 1.82) is 0 Å². The molecule has 0 bridgehead atoms. The van der Waals surface area contributed by atoms with E-state index in [4.69, 9.17) is 10.5 Å². The van der Waals surface area contributed by atoms with Crippen molar-refractivity contribution in [3.63, 3.8) is 0 Å². The fraction of sp³-hybridized carbons (Fsp3) is 0.500. The zero-order chi connectivity index (χ0) is 13.3. The van der Waals surface area contributed by atoms with E-state index in [2.05, 4.69) is 13.8 Å². The van der Waals surface area contributed by atoms with Crippen LogP contribution in [-0.4, -0.2) is 19.6 Å². The highest BCUT2D eigenvalue weighted by Gasteiger charge is 2.35. The fourth-order valence-electron chi connectivity index (χ4n) is 2.20. The van der Waals surface area contributed by atoms with Gasteiger partial charge in [0.15, 0.2) is 0 Å². The molecule has 0 saturated heterocycles. The summed E-state index contributed by atoms with van der Waals surface area (Å²) in [5.74, 6) is 1.20. The summed E-state index contributed by atoms with van der Waals surface area (Å²) in [4.78, 5) is 14.0. The highest BCUT2D eigenvalue weighted by atomic mass is 16.5. The van der Waals surface area contributed by atoms with Gasteiger partial charge in [-0.3, -0.25) is 4.79 Å². The third kappa shape index (κ3) is 2.08. The molecule has 2 unspecified atom stereocenters. The molecule has 0 spiro atoms. The average Bonchev–Trinajstić information content (AvgIpc) is 2.63. The van der Waals surface area contributed by atoms with E-state index in [9.17, 15) is 4.79 Å². The Hall–Kier alpha value is -1.55. The molecule has 0 aromatic heterocycles. The third-order valence-corrected chi connectivity index (χ3v) is 3.59. The Morgan fingerprint density at radius 2 is 2.22 bits per heavy atom. The summed E-state index contributed by atoms with van der Waals surface area (Å²) in [5.41, 5.74) is 7.75. The van der Waals surface area contributed by atoms with Gasteiger partial charge in [0.1, 0.15) is 11.8 Å². The van der Waals surface area contributed by atoms with Gasteiger partial charge in [-0.15, -0.1) is 0 Å². The van der Waals surface area contributed by atoms with Crippen LogP contribution in [0, 0.1) is 5.92 Å². The van der Waals surface area contributed by atoms with E-state index < -0.39 is 6.04 Å². The predicted molar refractivity (Wildman–Crippen MR) is 71.7 cm³/mol. The summed E-state index contributed by atoms with van der Waals surface area (Å²) < 4.78 is 5.21. The molecular weight excluding hydrogens is 228 g/mol. The highest BCUT2D eigenvalue weighted by Crippen LogP contribution is 2.37. The van der Waals surface area contributed by atoms with Gasteiger partial charge in [0.05, 0.1) is 12.8 Å². The number of carbonyl (C=O) groups excluding carboxylic acids is 1. The molecule has 18 heavy (non-hydrogen) atoms. The molecule has 2 N–H and O–H groups in total. The van der Waals surface area contributed by atoms with Crippen molar-refractivity contribution in [2.24, 2.45) is 11.7 Å². The number of benzene rings is 1. The maximum Gasteiger partial charge on any atom is 0.248 e. The SMILES string of the molecule is CCC(C)CN1C(=O)C(N)c2ccc(OC)cc21. The summed E-state index contributed by atoms with van der Waals surface area (Å²) in [6.45, 7) is 4.97. The van der Waals surface area contributed by atoms with Gasteiger partial charge < -0.3 is 15.4 Å². The lowest BCUT2D eigenvalue weighted by molar-refractivity contribution is -0.119. The Labute approximate surface area is 108 Å². The van der Waals surface area contributed by atoms with E-state index in [1.165, 1.54) is 0 Å². The first-order chi connectivity index (χ1) is 8.58. The summed E-state index contributed by atoms with van der Waals surface area (Å²) in [7, 11) is 1.62. The van der Waals surface area contributed by atoms with E-state index in [1.807, 2.05) is 18.2 Å². The van der Waals surface area contributed by atoms with Gasteiger partial charge in [0.25, 0.3) is 0 Å². The third-order valence-electron chi connectivity index (χ3n) is 3.59. The van der Waals surface area contributed by atoms with E-state index in [-0.39, 0.29) is 5.91 Å². The van der Waals surface area contributed by atoms with Crippen LogP contribution < -0.4 is 15.4 Å². The predicted octanol–water partition coefficient (Wildman–Crippen LogP) is 2.09. The minimum atomic E-state index is -0.532. The zero-order valence-electron chi connectivity index (χ0n) is 11.1. The van der Waals surface area contributed by atoms with E-state index in [0.29, 0.717) is 12.5 Å². The van der Waals surface area contributed by atoms with Crippen molar-refractivity contribution < 1.29 is 9.53 Å². The Morgan fingerprint density at radius 3 is 2.83 bits per heavy atom. The number of rotatable bonds is 4. The number of anilines is 1. The second-order valence-corrected chi connectivity index (χ2v) is 4.86. The van der Waals surface area contributed by atoms with Crippen molar-refractivity contribution in [1.82, 2.24) is 0 Å². The molecule has 0 fully saturated rings. The quantitative estimate of drug-likeness (QED) is 0.887. The maximum absolute atomic E-state index is 12.2. The van der Waals surface area contributed by atoms with Crippen LogP contribution >= 0.6 is 0 Å². The standard InChI is InChI=1S/C14H20N2O2/c1-4-9(2)8-16-12-7-10(18-3)5-6-11(12)13(15)14(16)17/h5-7,9,13H,4,8,15H2,1-3H3. The number of methoxy groups -OCH3 is 1. The lowest BCUT2D eigenvalue weighted by atomic mass is 10.1. The lowest BCUT2D eigenvalue weighted by Crippen LogP contribution is -2.34. The molecular formula is C14H20N2O2. The molecule has 2 atom stereocenters. The summed E-state index contributed by atoms with van der Waals surface area (Å²) in [5, 5.41) is 0. The molecule has 1 aromatic carbocycles. The number of nitrogens with two attached hydrogens (primary N) is 1. The number of ether oxygens (including phenoxy) is 1. The van der Waals surface area contributed by atoms with Gasteiger partial charge in [-0.1, -0.05) is 26.3 Å². The molecule has 1 aliphatic rings. The smallest absolute Gasteiger partial charge is 0.248 e. The van der Waals surface area contributed by atoms with Gasteiger partial charge in [-0.2, -0.15) is 0 Å². The highest BCUT2D eigenvalue weighted by molar-refractivity contribution is 6.04. The molecule has 1 aliphatic heterocycles. The summed E-state index contributed by atoms with van der Waals surface area (Å²) >= 11 is 0. The first-order valence-corrected chi connectivity index (χ1v) is 6.33. The van der Waals surface area contributed by atoms with Crippen molar-refractivity contribution in [2.75, 3.05) is 18.6 Å². The minimum absolute atomic E-state index is 0.0152. The maximum atomic E-state index is 12.2. The van der Waals surface area contributed by atoms with Crippen molar-refractivity contribution in [3.05, 3.63) is 23.8 Å². The molecule has 1 aromatic rings. The second kappa shape index (κ2) is 4.98. The summed E-state index contributed by atoms with van der Waals surface area (Å²) in [6.07, 6.45) is 1.04. The van der Waals surface area contributed by atoms with Gasteiger partial charge in [0, 0.05) is 18.2 Å². The minimum Gasteiger partial charge on any atom is -0.497 e. The zero-order valence-corrected chi connectivity index (χ0v) is 11.1. The molecule has 1 heterocycles. The largest absolute Gasteiger partial charge is 0.497 e. The first-order valence-electron chi connectivity index (χ1n) is 6.33. The fourth-order valence-corrected chi connectivity index (χ4v) is 2.20. The molecule has 4 nitrogen and oxygen atoms in total. The Bertz CT molecular complexity index is 459. The molecule has 0 saturated carbocycles. The van der Waals surface area contributed by atoms with Crippen LogP contribution in [0.4, 0.5) is 5.69 Å². The number of nitrogens with zero attached hydrogens (tertiary/aromatic N) is 1. The molecule has 98 valence electrons. The van der Waals surface area contributed by atoms with Crippen LogP contribution in [0.5, 0.6) is 5.75 Å². The Kier molecular flexibility index (Phi) is 3.57. The van der Waals surface area contributed by atoms with Crippen LogP contribution in [0.25, 0.3) is 0 Å². The topological polar surface area (TPSA) is 55.6 Å². The number of amides is 1. The molecule has 2 rings (SSSR count). The van der Waals surface area contributed by atoms with Crippen LogP contribution in [0.1, 0.15) is 31.9 Å². The van der Waals surface area contributed by atoms with E-state index >= 15 is 0 Å². The van der Waals surface area contributed by atoms with Crippen LogP contribution in [0.2, 0.25) is 0 Å². The van der Waals surface area contributed by atoms with Gasteiger partial charge in [-0.25, -0.2) is 0 Å². The molecule has 0 radical (unpaired) electrons. The van der Waals surface area contributed by atoms with E-state index in [1.54, 1.807) is 12.0 Å². The number of hydrogen-bond donors (Lipinski definition) is 1. The number of carbonyl (C=O) groups is 1. The van der Waals surface area contributed by atoms with Crippen LogP contribution in [0.15, 0.2) is 18.2 Å². The van der Waals surface area contributed by atoms with E-state index in [0.717, 1.165) is 23.4 Å². The second-order valence-electron chi connectivity index (χ2n) is 4.86. The van der Waals surface area contributed by atoms with Gasteiger partial charge in [0.2, 0.25) is 5.91 Å². The van der Waals surface area contributed by atoms with Crippen molar-refractivity contribution >= 4 is 11.6 Å². The average molecular weight is 248 g/mol. The van der Waals surface area contributed by atoms with Crippen LogP contribution in [0.3, 0.4) is 0 Å². The normalized spacial score (nSPS) is 19.9. The summed E-state index contributed by atoms with van der Waals surface area (Å²) in [6, 6.07) is 5.09. The number of fused-ring (bicyclic) bond motifs is 1. The van der Waals surface area contributed by atoms with Crippen molar-refractivity contribution in [2.45, 2.75) is 26.3 Å². The van der Waals surface area contributed by atoms with Crippen molar-refractivity contribution in [3.8, 4) is 5.75 Å². The monoisotopic (exact) mass is 248 g/mol. The Balaban J connectivity index is 2.36. The number of hydrogen-bond acceptors (Lipinski definition) is 3. The van der Waals surface area contributed by atoms with Gasteiger partial charge in [-0.05, 0) is 12.0 Å². The van der Waals surface area contributed by atoms with Crippen LogP contribution in [-0.2, 0) is 4.79 Å². The molecule has 0 aliphatic carbocycles. The lowest BCUT2D eigenvalue weighted by Gasteiger charge is -2.21. The Morgan fingerprint density at radius 1 is 1.50 bits per heavy atom. The van der Waals surface area contributed by atoms with Gasteiger partial charge >= 0.3 is 0 Å².